The molecule has 4 rings (SSSR count). The summed E-state index contributed by atoms with van der Waals surface area (Å²) in [5.41, 5.74) is 1.69. The van der Waals surface area contributed by atoms with Gasteiger partial charge in [-0.25, -0.2) is 0 Å². The van der Waals surface area contributed by atoms with Gasteiger partial charge in [-0.1, -0.05) is 41.3 Å². The fourth-order valence-electron chi connectivity index (χ4n) is 3.51. The monoisotopic (exact) mass is 497 g/mol. The zero-order valence-electron chi connectivity index (χ0n) is 19.1. The molecule has 2 amide bonds. The van der Waals surface area contributed by atoms with Crippen molar-refractivity contribution in [2.24, 2.45) is 0 Å². The van der Waals surface area contributed by atoms with Crippen molar-refractivity contribution in [3.8, 4) is 5.75 Å². The van der Waals surface area contributed by atoms with E-state index in [4.69, 9.17) is 4.74 Å². The van der Waals surface area contributed by atoms with Gasteiger partial charge in [-0.2, -0.15) is 0 Å². The van der Waals surface area contributed by atoms with E-state index in [0.717, 1.165) is 13.1 Å². The zero-order valence-corrected chi connectivity index (χ0v) is 20.8. The molecule has 2 aromatic carbocycles. The molecule has 0 saturated carbocycles. The molecular formula is C24H27N5O3S2. The predicted molar refractivity (Wildman–Crippen MR) is 136 cm³/mol. The van der Waals surface area contributed by atoms with E-state index in [1.807, 2.05) is 36.9 Å². The summed E-state index contributed by atoms with van der Waals surface area (Å²) in [5, 5.41) is 11.3. The van der Waals surface area contributed by atoms with Crippen molar-refractivity contribution in [1.29, 1.82) is 0 Å². The van der Waals surface area contributed by atoms with Crippen LogP contribution in [0.3, 0.4) is 0 Å². The molecule has 10 heteroatoms. The molecule has 178 valence electrons. The number of aromatic nitrogens is 2. The van der Waals surface area contributed by atoms with Gasteiger partial charge in [-0.05, 0) is 50.2 Å². The van der Waals surface area contributed by atoms with Crippen LogP contribution in [0.4, 0.5) is 10.8 Å². The van der Waals surface area contributed by atoms with E-state index in [9.17, 15) is 9.59 Å². The van der Waals surface area contributed by atoms with Crippen molar-refractivity contribution < 1.29 is 14.3 Å². The molecule has 0 unspecified atom stereocenters. The van der Waals surface area contributed by atoms with Gasteiger partial charge in [0.25, 0.3) is 5.91 Å². The smallest absolute Gasteiger partial charge is 0.257 e. The van der Waals surface area contributed by atoms with Gasteiger partial charge in [0.15, 0.2) is 4.34 Å². The van der Waals surface area contributed by atoms with Crippen molar-refractivity contribution in [2.75, 3.05) is 42.1 Å². The van der Waals surface area contributed by atoms with Gasteiger partial charge in [0, 0.05) is 37.4 Å². The van der Waals surface area contributed by atoms with Crippen LogP contribution in [-0.2, 0) is 4.79 Å². The van der Waals surface area contributed by atoms with Crippen molar-refractivity contribution in [1.82, 2.24) is 15.1 Å². The molecular weight excluding hydrogens is 470 g/mol. The van der Waals surface area contributed by atoms with Gasteiger partial charge in [0.05, 0.1) is 11.9 Å². The normalized spacial score (nSPS) is 13.7. The lowest BCUT2D eigenvalue weighted by atomic mass is 10.2. The predicted octanol–water partition coefficient (Wildman–Crippen LogP) is 4.02. The third-order valence-corrected chi connectivity index (χ3v) is 7.14. The Bertz CT molecular complexity index is 1100. The van der Waals surface area contributed by atoms with Crippen LogP contribution < -0.4 is 15.0 Å². The maximum absolute atomic E-state index is 12.6. The molecule has 0 radical (unpaired) electrons. The topological polar surface area (TPSA) is 87.7 Å². The van der Waals surface area contributed by atoms with Crippen LogP contribution in [0.25, 0.3) is 0 Å². The first-order valence-electron chi connectivity index (χ1n) is 11.1. The maximum atomic E-state index is 12.6. The quantitative estimate of drug-likeness (QED) is 0.372. The minimum Gasteiger partial charge on any atom is -0.491 e. The highest BCUT2D eigenvalue weighted by Crippen LogP contribution is 2.26. The highest BCUT2D eigenvalue weighted by atomic mass is 32.2. The Hall–Kier alpha value is -3.11. The summed E-state index contributed by atoms with van der Waals surface area (Å²) < 4.78 is 6.24. The second kappa shape index (κ2) is 11.3. The molecule has 1 saturated heterocycles. The number of thioether (sulfide) groups is 1. The highest BCUT2D eigenvalue weighted by molar-refractivity contribution is 8.01. The van der Waals surface area contributed by atoms with E-state index in [2.05, 4.69) is 32.5 Å². The first-order chi connectivity index (χ1) is 16.5. The number of hydrogen-bond donors (Lipinski definition) is 1. The number of carbonyl (C=O) groups is 2. The molecule has 0 spiro atoms. The number of rotatable bonds is 8. The van der Waals surface area contributed by atoms with Gasteiger partial charge < -0.3 is 14.5 Å². The molecule has 1 aliphatic heterocycles. The average Bonchev–Trinajstić information content (AvgIpc) is 3.30. The Labute approximate surface area is 207 Å². The Morgan fingerprint density at radius 1 is 1.03 bits per heavy atom. The summed E-state index contributed by atoms with van der Waals surface area (Å²) in [6.45, 7) is 6.94. The fraction of sp³-hybridized carbons (Fsp3) is 0.333. The third-order valence-electron chi connectivity index (χ3n) is 5.19. The number of benzene rings is 2. The fourth-order valence-corrected chi connectivity index (χ4v) is 5.16. The number of carbonyl (C=O) groups excluding carboxylic acids is 2. The molecule has 1 aromatic heterocycles. The summed E-state index contributed by atoms with van der Waals surface area (Å²) in [7, 11) is 0. The van der Waals surface area contributed by atoms with Gasteiger partial charge in [-0.15, -0.1) is 10.2 Å². The Balaban J connectivity index is 1.22. The van der Waals surface area contributed by atoms with E-state index in [0.29, 0.717) is 39.6 Å². The van der Waals surface area contributed by atoms with Crippen LogP contribution >= 0.6 is 23.1 Å². The summed E-state index contributed by atoms with van der Waals surface area (Å²) in [5.74, 6) is 0.830. The maximum Gasteiger partial charge on any atom is 0.257 e. The number of piperazine rings is 1. The molecule has 0 atom stereocenters. The summed E-state index contributed by atoms with van der Waals surface area (Å²) in [4.78, 5) is 29.3. The lowest BCUT2D eigenvalue weighted by molar-refractivity contribution is -0.128. The van der Waals surface area contributed by atoms with Gasteiger partial charge in [0.1, 0.15) is 5.75 Å². The number of anilines is 2. The van der Waals surface area contributed by atoms with Crippen molar-refractivity contribution in [3.05, 3.63) is 60.2 Å². The average molecular weight is 498 g/mol. The Morgan fingerprint density at radius 2 is 1.74 bits per heavy atom. The number of para-hydroxylation sites is 1. The third kappa shape index (κ3) is 6.48. The first kappa shape index (κ1) is 24.0. The highest BCUT2D eigenvalue weighted by Gasteiger charge is 2.22. The van der Waals surface area contributed by atoms with Crippen LogP contribution in [0.2, 0.25) is 0 Å². The van der Waals surface area contributed by atoms with Crippen molar-refractivity contribution in [2.45, 2.75) is 24.3 Å². The number of hydrogen-bond acceptors (Lipinski definition) is 8. The SMILES string of the molecule is CC(C)Oc1ccc(C(=O)Nc2nnc(SCC(=O)N3CCN(c4ccccc4)CC3)s2)cc1. The molecule has 0 bridgehead atoms. The molecule has 1 N–H and O–H groups in total. The second-order valence-corrected chi connectivity index (χ2v) is 10.2. The Kier molecular flexibility index (Phi) is 8.02. The van der Waals surface area contributed by atoms with E-state index in [1.54, 1.807) is 24.3 Å². The van der Waals surface area contributed by atoms with Crippen LogP contribution in [0.1, 0.15) is 24.2 Å². The van der Waals surface area contributed by atoms with E-state index in [-0.39, 0.29) is 17.9 Å². The van der Waals surface area contributed by atoms with Crippen LogP contribution in [0, 0.1) is 0 Å². The molecule has 1 fully saturated rings. The zero-order chi connectivity index (χ0) is 23.9. The lowest BCUT2D eigenvalue weighted by Gasteiger charge is -2.36. The standard InChI is InChI=1S/C24H27N5O3S2/c1-17(2)32-20-10-8-18(9-11-20)22(31)25-23-26-27-24(34-23)33-16-21(30)29-14-12-28(13-15-29)19-6-4-3-5-7-19/h3-11,17H,12-16H2,1-2H3,(H,25,26,31). The summed E-state index contributed by atoms with van der Waals surface area (Å²) in [6, 6.07) is 17.2. The largest absolute Gasteiger partial charge is 0.491 e. The molecule has 1 aliphatic rings. The molecule has 3 aromatic rings. The first-order valence-corrected chi connectivity index (χ1v) is 12.9. The van der Waals surface area contributed by atoms with E-state index in [1.165, 1.54) is 28.8 Å². The summed E-state index contributed by atoms with van der Waals surface area (Å²) >= 11 is 2.60. The van der Waals surface area contributed by atoms with Crippen molar-refractivity contribution >= 4 is 45.7 Å². The van der Waals surface area contributed by atoms with E-state index < -0.39 is 0 Å². The van der Waals surface area contributed by atoms with E-state index >= 15 is 0 Å². The molecule has 2 heterocycles. The number of nitrogens with zero attached hydrogens (tertiary/aromatic N) is 4. The van der Waals surface area contributed by atoms with Gasteiger partial charge in [0.2, 0.25) is 11.0 Å². The molecule has 8 nitrogen and oxygen atoms in total. The minimum atomic E-state index is -0.267. The van der Waals surface area contributed by atoms with Crippen LogP contribution in [0.15, 0.2) is 58.9 Å². The minimum absolute atomic E-state index is 0.0720. The van der Waals surface area contributed by atoms with Crippen LogP contribution in [0.5, 0.6) is 5.75 Å². The lowest BCUT2D eigenvalue weighted by Crippen LogP contribution is -2.49. The summed E-state index contributed by atoms with van der Waals surface area (Å²) in [6.07, 6.45) is 0.0720. The second-order valence-electron chi connectivity index (χ2n) is 8.01. The molecule has 34 heavy (non-hydrogen) atoms. The number of ether oxygens (including phenoxy) is 1. The van der Waals surface area contributed by atoms with Crippen LogP contribution in [-0.4, -0.2) is 64.9 Å². The van der Waals surface area contributed by atoms with Gasteiger partial charge in [-0.3, -0.25) is 14.9 Å². The molecule has 0 aliphatic carbocycles. The Morgan fingerprint density at radius 3 is 2.41 bits per heavy atom. The van der Waals surface area contributed by atoms with Crippen molar-refractivity contribution in [3.63, 3.8) is 0 Å². The van der Waals surface area contributed by atoms with Gasteiger partial charge >= 0.3 is 0 Å². The number of nitrogens with one attached hydrogen (secondary N) is 1. The number of amides is 2.